The van der Waals surface area contributed by atoms with Crippen LogP contribution < -0.4 is 5.32 Å². The molecule has 0 fully saturated rings. The van der Waals surface area contributed by atoms with Crippen LogP contribution in [0.5, 0.6) is 0 Å². The molecule has 2 aromatic rings. The van der Waals surface area contributed by atoms with E-state index in [9.17, 15) is 0 Å². The fourth-order valence-electron chi connectivity index (χ4n) is 2.67. The van der Waals surface area contributed by atoms with Crippen molar-refractivity contribution in [3.05, 3.63) is 53.3 Å². The molecule has 0 saturated heterocycles. The van der Waals surface area contributed by atoms with Crippen molar-refractivity contribution in [3.63, 3.8) is 0 Å². The van der Waals surface area contributed by atoms with Crippen LogP contribution in [0.3, 0.4) is 0 Å². The number of hydrogen-bond acceptors (Lipinski definition) is 2. The van der Waals surface area contributed by atoms with Gasteiger partial charge in [-0.2, -0.15) is 5.10 Å². The van der Waals surface area contributed by atoms with Crippen LogP contribution in [0.2, 0.25) is 0 Å². The van der Waals surface area contributed by atoms with E-state index in [1.165, 1.54) is 16.8 Å². The molecule has 3 heteroatoms. The van der Waals surface area contributed by atoms with Crippen LogP contribution in [0.1, 0.15) is 55.8 Å². The number of aryl methyl sites for hydroxylation is 1. The molecule has 1 heterocycles. The average Bonchev–Trinajstić information content (AvgIpc) is 2.85. The molecule has 0 spiro atoms. The van der Waals surface area contributed by atoms with E-state index in [1.807, 2.05) is 11.7 Å². The third kappa shape index (κ3) is 4.43. The van der Waals surface area contributed by atoms with Gasteiger partial charge in [0.05, 0.1) is 5.69 Å². The average molecular weight is 285 g/mol. The predicted molar refractivity (Wildman–Crippen MR) is 88.5 cm³/mol. The van der Waals surface area contributed by atoms with Crippen molar-refractivity contribution in [2.24, 2.45) is 7.05 Å². The standard InChI is InChI=1S/C18H27N3/c1-14(2)18-17(13-21(4)20-18)12-19-11-10-15(3)16-8-6-5-7-9-16/h5-9,13-15,19H,10-12H2,1-4H3. The normalized spacial score (nSPS) is 12.8. The molecule has 0 aliphatic heterocycles. The second-order valence-corrected chi connectivity index (χ2v) is 6.15. The Hall–Kier alpha value is -1.61. The van der Waals surface area contributed by atoms with Gasteiger partial charge in [0, 0.05) is 25.4 Å². The molecule has 1 aromatic carbocycles. The molecule has 0 radical (unpaired) electrons. The molecule has 114 valence electrons. The van der Waals surface area contributed by atoms with Crippen molar-refractivity contribution in [3.8, 4) is 0 Å². The first-order valence-electron chi connectivity index (χ1n) is 7.86. The van der Waals surface area contributed by atoms with Crippen LogP contribution in [0.25, 0.3) is 0 Å². The summed E-state index contributed by atoms with van der Waals surface area (Å²) in [7, 11) is 1.99. The zero-order chi connectivity index (χ0) is 15.2. The molecule has 1 aromatic heterocycles. The maximum atomic E-state index is 4.55. The van der Waals surface area contributed by atoms with E-state index in [0.29, 0.717) is 11.8 Å². The number of nitrogens with zero attached hydrogens (tertiary/aromatic N) is 2. The Morgan fingerprint density at radius 3 is 2.52 bits per heavy atom. The summed E-state index contributed by atoms with van der Waals surface area (Å²) in [6.45, 7) is 8.62. The molecule has 0 aliphatic rings. The van der Waals surface area contributed by atoms with Gasteiger partial charge >= 0.3 is 0 Å². The van der Waals surface area contributed by atoms with E-state index in [-0.39, 0.29) is 0 Å². The maximum Gasteiger partial charge on any atom is 0.0694 e. The molecule has 0 amide bonds. The summed E-state index contributed by atoms with van der Waals surface area (Å²) in [5.41, 5.74) is 3.95. The molecule has 1 N–H and O–H groups in total. The zero-order valence-corrected chi connectivity index (χ0v) is 13.6. The SMILES string of the molecule is CC(C)c1nn(C)cc1CNCCC(C)c1ccccc1. The third-order valence-corrected chi connectivity index (χ3v) is 3.92. The van der Waals surface area contributed by atoms with E-state index < -0.39 is 0 Å². The van der Waals surface area contributed by atoms with E-state index in [1.54, 1.807) is 0 Å². The highest BCUT2D eigenvalue weighted by Crippen LogP contribution is 2.19. The van der Waals surface area contributed by atoms with Crippen molar-refractivity contribution >= 4 is 0 Å². The molecule has 21 heavy (non-hydrogen) atoms. The van der Waals surface area contributed by atoms with Crippen molar-refractivity contribution < 1.29 is 0 Å². The Balaban J connectivity index is 1.80. The zero-order valence-electron chi connectivity index (χ0n) is 13.6. The Morgan fingerprint density at radius 1 is 1.14 bits per heavy atom. The smallest absolute Gasteiger partial charge is 0.0694 e. The van der Waals surface area contributed by atoms with Crippen molar-refractivity contribution in [2.75, 3.05) is 6.54 Å². The molecule has 2 rings (SSSR count). The number of hydrogen-bond donors (Lipinski definition) is 1. The van der Waals surface area contributed by atoms with Crippen molar-refractivity contribution in [1.29, 1.82) is 0 Å². The highest BCUT2D eigenvalue weighted by atomic mass is 15.3. The van der Waals surface area contributed by atoms with Crippen molar-refractivity contribution in [2.45, 2.75) is 45.6 Å². The molecule has 1 atom stereocenters. The predicted octanol–water partition coefficient (Wildman–Crippen LogP) is 3.83. The second kappa shape index (κ2) is 7.41. The molecule has 3 nitrogen and oxygen atoms in total. The molecular formula is C18H27N3. The fourth-order valence-corrected chi connectivity index (χ4v) is 2.67. The van der Waals surface area contributed by atoms with Gasteiger partial charge in [-0.3, -0.25) is 4.68 Å². The van der Waals surface area contributed by atoms with Crippen LogP contribution >= 0.6 is 0 Å². The fraction of sp³-hybridized carbons (Fsp3) is 0.500. The van der Waals surface area contributed by atoms with Gasteiger partial charge in [0.15, 0.2) is 0 Å². The van der Waals surface area contributed by atoms with Crippen LogP contribution in [0.15, 0.2) is 36.5 Å². The van der Waals surface area contributed by atoms with Gasteiger partial charge in [-0.1, -0.05) is 51.1 Å². The van der Waals surface area contributed by atoms with Crippen LogP contribution in [0.4, 0.5) is 0 Å². The molecule has 1 unspecified atom stereocenters. The molecule has 0 aliphatic carbocycles. The number of rotatable bonds is 7. The quantitative estimate of drug-likeness (QED) is 0.784. The van der Waals surface area contributed by atoms with E-state index in [4.69, 9.17) is 0 Å². The summed E-state index contributed by atoms with van der Waals surface area (Å²) in [5, 5.41) is 8.11. The Labute approximate surface area is 128 Å². The second-order valence-electron chi connectivity index (χ2n) is 6.15. The lowest BCUT2D eigenvalue weighted by Gasteiger charge is -2.12. The lowest BCUT2D eigenvalue weighted by molar-refractivity contribution is 0.591. The van der Waals surface area contributed by atoms with E-state index in [0.717, 1.165) is 19.5 Å². The van der Waals surface area contributed by atoms with Gasteiger partial charge in [-0.05, 0) is 30.4 Å². The summed E-state index contributed by atoms with van der Waals surface area (Å²) in [4.78, 5) is 0. The summed E-state index contributed by atoms with van der Waals surface area (Å²) in [6.07, 6.45) is 3.28. The number of benzene rings is 1. The molecule has 0 saturated carbocycles. The highest BCUT2D eigenvalue weighted by Gasteiger charge is 2.11. The van der Waals surface area contributed by atoms with Gasteiger partial charge in [0.25, 0.3) is 0 Å². The Bertz CT molecular complexity index is 543. The summed E-state index contributed by atoms with van der Waals surface area (Å²) in [6, 6.07) is 10.7. The largest absolute Gasteiger partial charge is 0.313 e. The van der Waals surface area contributed by atoms with Gasteiger partial charge in [0.1, 0.15) is 0 Å². The molecular weight excluding hydrogens is 258 g/mol. The van der Waals surface area contributed by atoms with Gasteiger partial charge < -0.3 is 5.32 Å². The summed E-state index contributed by atoms with van der Waals surface area (Å²) >= 11 is 0. The van der Waals surface area contributed by atoms with Gasteiger partial charge in [-0.15, -0.1) is 0 Å². The Kier molecular flexibility index (Phi) is 5.57. The first kappa shape index (κ1) is 15.8. The number of aromatic nitrogens is 2. The van der Waals surface area contributed by atoms with E-state index >= 15 is 0 Å². The third-order valence-electron chi connectivity index (χ3n) is 3.92. The van der Waals surface area contributed by atoms with Crippen LogP contribution in [-0.4, -0.2) is 16.3 Å². The van der Waals surface area contributed by atoms with E-state index in [2.05, 4.69) is 67.7 Å². The highest BCUT2D eigenvalue weighted by molar-refractivity contribution is 5.20. The Morgan fingerprint density at radius 2 is 1.86 bits per heavy atom. The van der Waals surface area contributed by atoms with Gasteiger partial charge in [0.2, 0.25) is 0 Å². The topological polar surface area (TPSA) is 29.9 Å². The minimum absolute atomic E-state index is 0.478. The van der Waals surface area contributed by atoms with Crippen LogP contribution in [-0.2, 0) is 13.6 Å². The summed E-state index contributed by atoms with van der Waals surface area (Å²) < 4.78 is 1.92. The summed E-state index contributed by atoms with van der Waals surface area (Å²) in [5.74, 6) is 1.07. The lowest BCUT2D eigenvalue weighted by Crippen LogP contribution is -2.17. The maximum absolute atomic E-state index is 4.55. The minimum atomic E-state index is 0.478. The monoisotopic (exact) mass is 285 g/mol. The first-order valence-corrected chi connectivity index (χ1v) is 7.86. The van der Waals surface area contributed by atoms with Crippen LogP contribution in [0, 0.1) is 0 Å². The number of nitrogens with one attached hydrogen (secondary N) is 1. The lowest BCUT2D eigenvalue weighted by atomic mass is 9.98. The molecule has 0 bridgehead atoms. The van der Waals surface area contributed by atoms with Crippen molar-refractivity contribution in [1.82, 2.24) is 15.1 Å². The first-order chi connectivity index (χ1) is 10.1. The minimum Gasteiger partial charge on any atom is -0.313 e. The van der Waals surface area contributed by atoms with Gasteiger partial charge in [-0.25, -0.2) is 0 Å².